The van der Waals surface area contributed by atoms with Crippen molar-refractivity contribution in [2.75, 3.05) is 46.8 Å². The molecule has 8 bridgehead atoms. The Balaban J connectivity index is -0.00000103. The van der Waals surface area contributed by atoms with Crippen LogP contribution < -0.4 is 0 Å². The first-order valence-corrected chi connectivity index (χ1v) is 35.8. The highest BCUT2D eigenvalue weighted by Crippen LogP contribution is 2.45. The Bertz CT molecular complexity index is 2710. The number of ether oxygens (including phenoxy) is 5. The summed E-state index contributed by atoms with van der Waals surface area (Å²) >= 11 is 0. The van der Waals surface area contributed by atoms with Gasteiger partial charge < -0.3 is 23.7 Å². The third-order valence-electron chi connectivity index (χ3n) is 15.3. The van der Waals surface area contributed by atoms with E-state index < -0.39 is 5.97 Å². The van der Waals surface area contributed by atoms with Gasteiger partial charge in [0.2, 0.25) is 0 Å². The number of hydrogen-bond acceptors (Lipinski definition) is 7. The van der Waals surface area contributed by atoms with Crippen molar-refractivity contribution >= 4 is 24.1 Å². The van der Waals surface area contributed by atoms with Gasteiger partial charge >= 0.3 is 11.9 Å². The molecule has 0 N–H and O–H groups in total. The minimum absolute atomic E-state index is 0.255. The molecule has 10 aliphatic carbocycles. The molecule has 0 aliphatic heterocycles. The van der Waals surface area contributed by atoms with Gasteiger partial charge in [-0.15, -0.1) is 52.6 Å². The third kappa shape index (κ3) is 57.7. The van der Waals surface area contributed by atoms with E-state index in [1.54, 1.807) is 44.4 Å². The maximum absolute atomic E-state index is 10.5. The molecule has 550 valence electrons. The lowest BCUT2D eigenvalue weighted by Gasteiger charge is -2.17. The molecule has 0 spiro atoms. The highest BCUT2D eigenvalue weighted by atomic mass is 16.5. The summed E-state index contributed by atoms with van der Waals surface area (Å²) in [5, 5.41) is 0. The zero-order valence-electron chi connectivity index (χ0n) is 63.1. The average Bonchev–Trinajstić information content (AvgIpc) is 1.70. The smallest absolute Gasteiger partial charge is 0.333 e. The lowest BCUT2D eigenvalue weighted by molar-refractivity contribution is -0.138. The van der Waals surface area contributed by atoms with Crippen LogP contribution in [-0.2, 0) is 33.3 Å². The fourth-order valence-corrected chi connectivity index (χ4v) is 10.5. The molecular weight excluding hydrogens is 1240 g/mol. The van der Waals surface area contributed by atoms with Crippen LogP contribution in [0.4, 0.5) is 0 Å². The van der Waals surface area contributed by atoms with E-state index >= 15 is 0 Å². The number of carbonyl (C=O) groups is 2. The van der Waals surface area contributed by atoms with Gasteiger partial charge in [-0.25, -0.2) is 9.59 Å². The van der Waals surface area contributed by atoms with Gasteiger partial charge in [0, 0.05) is 24.7 Å². The van der Waals surface area contributed by atoms with E-state index in [1.807, 2.05) is 98.8 Å². The Morgan fingerprint density at radius 3 is 1.12 bits per heavy atom. The van der Waals surface area contributed by atoms with Crippen LogP contribution in [-0.4, -0.2) is 64.8 Å². The summed E-state index contributed by atoms with van der Waals surface area (Å²) in [7, 11) is 1.64. The highest BCUT2D eigenvalue weighted by molar-refractivity contribution is 5.87. The van der Waals surface area contributed by atoms with E-state index in [1.165, 1.54) is 81.1 Å². The second-order valence-corrected chi connectivity index (χ2v) is 24.0. The van der Waals surface area contributed by atoms with E-state index in [0.29, 0.717) is 44.0 Å². The van der Waals surface area contributed by atoms with Gasteiger partial charge in [-0.05, 0) is 163 Å². The van der Waals surface area contributed by atoms with Crippen molar-refractivity contribution in [3.8, 4) is 0 Å². The number of allylic oxidation sites excluding steroid dienone is 21. The first-order chi connectivity index (χ1) is 49.1. The molecule has 7 heteroatoms. The van der Waals surface area contributed by atoms with E-state index in [2.05, 4.69) is 229 Å². The predicted octanol–water partition coefficient (Wildman–Crippen LogP) is 25.1. The van der Waals surface area contributed by atoms with Crippen LogP contribution in [0.1, 0.15) is 122 Å². The molecule has 3 saturated carbocycles. The lowest BCUT2D eigenvalue weighted by atomic mass is 9.91. The van der Waals surface area contributed by atoms with Crippen LogP contribution in [0.3, 0.4) is 0 Å². The van der Waals surface area contributed by atoms with Crippen LogP contribution in [0.2, 0.25) is 0 Å². The number of fused-ring (bicyclic) bond motifs is 8. The molecule has 2 aromatic carbocycles. The van der Waals surface area contributed by atoms with Gasteiger partial charge in [0.15, 0.2) is 0 Å². The van der Waals surface area contributed by atoms with Crippen LogP contribution in [0.15, 0.2) is 335 Å². The molecule has 12 rings (SSSR count). The molecule has 101 heavy (non-hydrogen) atoms. The Labute approximate surface area is 616 Å². The summed E-state index contributed by atoms with van der Waals surface area (Å²) in [4.78, 5) is 20.7. The number of benzene rings is 2. The Morgan fingerprint density at radius 1 is 0.455 bits per heavy atom. The third-order valence-corrected chi connectivity index (χ3v) is 15.3. The molecule has 2 aromatic rings. The van der Waals surface area contributed by atoms with E-state index in [0.717, 1.165) is 79.1 Å². The zero-order chi connectivity index (χ0) is 75.6. The van der Waals surface area contributed by atoms with Crippen molar-refractivity contribution < 1.29 is 33.3 Å². The minimum atomic E-state index is -0.412. The predicted molar refractivity (Wildman–Crippen MR) is 445 cm³/mol. The number of hydrogen-bond donors (Lipinski definition) is 0. The topological polar surface area (TPSA) is 80.3 Å². The summed E-state index contributed by atoms with van der Waals surface area (Å²) in [6.07, 6.45) is 80.1. The van der Waals surface area contributed by atoms with Crippen LogP contribution in [0, 0.1) is 53.3 Å². The van der Waals surface area contributed by atoms with Crippen LogP contribution in [0.25, 0.3) is 12.2 Å². The van der Waals surface area contributed by atoms with Crippen molar-refractivity contribution in [2.24, 2.45) is 53.3 Å². The van der Waals surface area contributed by atoms with E-state index in [4.69, 9.17) is 9.47 Å². The first-order valence-electron chi connectivity index (χ1n) is 35.8. The molecule has 7 nitrogen and oxygen atoms in total. The van der Waals surface area contributed by atoms with Crippen LogP contribution >= 0.6 is 0 Å². The number of methoxy groups -OCH3 is 1. The Morgan fingerprint density at radius 2 is 0.871 bits per heavy atom. The maximum atomic E-state index is 10.5. The fraction of sp³-hybridized carbons (Fsp3) is 0.362. The monoisotopic (exact) mass is 1370 g/mol. The summed E-state index contributed by atoms with van der Waals surface area (Å²) in [6, 6.07) is 20.1. The van der Waals surface area contributed by atoms with Crippen LogP contribution in [0.5, 0.6) is 0 Å². The summed E-state index contributed by atoms with van der Waals surface area (Å²) in [5.41, 5.74) is 2.76. The Kier molecular flexibility index (Phi) is 69.3. The minimum Gasteiger partial charge on any atom is -0.458 e. The molecular formula is C94H132O7. The largest absolute Gasteiger partial charge is 0.458 e. The second kappa shape index (κ2) is 72.5. The van der Waals surface area contributed by atoms with Gasteiger partial charge in [0.05, 0.1) is 32.5 Å². The lowest BCUT2D eigenvalue weighted by Crippen LogP contribution is -2.17. The summed E-state index contributed by atoms with van der Waals surface area (Å²) < 4.78 is 24.1. The number of esters is 2. The van der Waals surface area contributed by atoms with Crippen molar-refractivity contribution in [3.63, 3.8) is 0 Å². The maximum Gasteiger partial charge on any atom is 0.333 e. The highest BCUT2D eigenvalue weighted by Gasteiger charge is 2.36. The first kappa shape index (κ1) is 96.5. The van der Waals surface area contributed by atoms with Gasteiger partial charge in [-0.3, -0.25) is 0 Å². The molecule has 10 aliphatic rings. The molecule has 3 fully saturated rings. The summed E-state index contributed by atoms with van der Waals surface area (Å²) in [5.74, 6) is 7.12. The zero-order valence-corrected chi connectivity index (χ0v) is 63.1. The molecule has 0 saturated heterocycles. The fourth-order valence-electron chi connectivity index (χ4n) is 10.5. The number of rotatable bonds is 20. The molecule has 0 radical (unpaired) electrons. The van der Waals surface area contributed by atoms with Gasteiger partial charge in [0.1, 0.15) is 13.2 Å². The second-order valence-electron chi connectivity index (χ2n) is 24.0. The van der Waals surface area contributed by atoms with Crippen molar-refractivity contribution in [1.29, 1.82) is 0 Å². The molecule has 0 heterocycles. The molecule has 0 amide bonds. The molecule has 8 atom stereocenters. The van der Waals surface area contributed by atoms with Crippen molar-refractivity contribution in [3.05, 3.63) is 346 Å². The quantitative estimate of drug-likeness (QED) is 0.0565. The molecule has 8 unspecified atom stereocenters. The van der Waals surface area contributed by atoms with Crippen molar-refractivity contribution in [1.82, 2.24) is 0 Å². The average molecular weight is 1370 g/mol. The summed E-state index contributed by atoms with van der Waals surface area (Å²) in [6.45, 7) is 59.2. The van der Waals surface area contributed by atoms with Gasteiger partial charge in [0.25, 0.3) is 0 Å². The van der Waals surface area contributed by atoms with E-state index in [-0.39, 0.29) is 19.2 Å². The molecule has 0 aromatic heterocycles. The Hall–Kier alpha value is -8.72. The van der Waals surface area contributed by atoms with E-state index in [9.17, 15) is 9.59 Å². The normalized spacial score (nSPS) is 20.8. The van der Waals surface area contributed by atoms with Gasteiger partial charge in [-0.2, -0.15) is 0 Å². The van der Waals surface area contributed by atoms with Gasteiger partial charge in [-0.1, -0.05) is 289 Å². The number of carbonyl (C=O) groups excluding carboxylic acids is 2. The van der Waals surface area contributed by atoms with Crippen molar-refractivity contribution in [2.45, 2.75) is 117 Å². The SMILES string of the molecule is C1=CC2C=CC1C2.C1=CC2CCC1C2.C1=CCC=C1.C1=CCC=CC1.C=CC.C=CC.C=CCC.C=CCC1CC2C=CC1C2.C=CCOC.C=CCOC(=O)C(=C)C.C=CCOC(=O)C=C.C=CCOC1CC2C=CC1C2.C=CCOCC=C.C=Cc1ccccc1.C=Cc1ccccc1. The standard InChI is InChI=1S/C10H14O.C10H14.2C8H8.C7H10O2.C7H10.C7H8.C6H8O2.C6H10O.C6H8.C5H6.C4H8O.C4H8.2C3H6/c1-2-5-11-10-7-8-3-4-9(10)6-8;1-2-3-9-6-8-4-5-10(9)7-8;2*1-2-8-6-4-3-5-7-8;1-4-5-9-7(8)6(2)3;2*1-2-7-4-3-6(1)5-7;1-3-5-8-6(7)4-2;1-3-5-7-6-4-2;1-2-4-6-5-3-1;1-2-4-5-3-1;1-3-4-5-2;1-3-4-2;2*1-3-2/h2-4,8-10H,1,5-7H2;2,4-5,8-10H,1,3,6-7H2;2*2-7H,1H2;4H,1-2,5H2,3H3;1-2,6-7H,3-5H2;1-4,6-7H,5H2;3-4H,1-2,5H2;3-4H,1-2,5-6H2;1-2,5-6H,3-4H2;1-4H,5H2;3H,1,4H2,2H3;3H,1,4H2,2H3;2*3H,1H2,2H3.